The zero-order valence-electron chi connectivity index (χ0n) is 17.5. The molecular weight excluding hydrogens is 459 g/mol. The van der Waals surface area contributed by atoms with Gasteiger partial charge in [0.15, 0.2) is 0 Å². The number of para-hydroxylation sites is 1. The van der Waals surface area contributed by atoms with Gasteiger partial charge in [-0.1, -0.05) is 23.7 Å². The molecule has 1 heterocycles. The van der Waals surface area contributed by atoms with Crippen molar-refractivity contribution in [3.8, 4) is 0 Å². The molecule has 1 fully saturated rings. The number of benzene rings is 2. The van der Waals surface area contributed by atoms with Crippen LogP contribution in [-0.4, -0.2) is 18.5 Å². The summed E-state index contributed by atoms with van der Waals surface area (Å²) in [5, 5.41) is 7.54. The van der Waals surface area contributed by atoms with Gasteiger partial charge in [-0.15, -0.1) is 0 Å². The Morgan fingerprint density at radius 1 is 1.16 bits per heavy atom. The maximum atomic E-state index is 13.0. The number of carbonyl (C=O) groups is 1. The summed E-state index contributed by atoms with van der Waals surface area (Å²) in [5.41, 5.74) is 0.179. The topological polar surface area (TPSA) is 45.0 Å². The molecule has 4 nitrogen and oxygen atoms in total. The van der Waals surface area contributed by atoms with E-state index >= 15 is 0 Å². The molecule has 1 amide bonds. The first-order valence-electron chi connectivity index (χ1n) is 10.5. The minimum Gasteiger partial charge on any atom is -0.349 e. The number of hydrogen-bond donors (Lipinski definition) is 2. The van der Waals surface area contributed by atoms with Crippen LogP contribution in [0.15, 0.2) is 42.5 Å². The van der Waals surface area contributed by atoms with E-state index in [1.54, 1.807) is 11.3 Å². The smallest absolute Gasteiger partial charge is 0.349 e. The molecule has 32 heavy (non-hydrogen) atoms. The molecule has 0 atom stereocenters. The van der Waals surface area contributed by atoms with Crippen LogP contribution in [0, 0.1) is 5.92 Å². The highest BCUT2D eigenvalue weighted by Crippen LogP contribution is 2.32. The summed E-state index contributed by atoms with van der Waals surface area (Å²) in [7, 11) is 2.05. The van der Waals surface area contributed by atoms with E-state index in [-0.39, 0.29) is 16.6 Å². The summed E-state index contributed by atoms with van der Waals surface area (Å²) in [6.45, 7) is 0.848. The Hall–Kier alpha value is -2.32. The van der Waals surface area contributed by atoms with Gasteiger partial charge >= 0.3 is 11.3 Å². The highest BCUT2D eigenvalue weighted by atomic mass is 35.5. The zero-order valence-corrected chi connectivity index (χ0v) is 19.1. The Balaban J connectivity index is 1.30. The molecule has 0 saturated heterocycles. The van der Waals surface area contributed by atoms with Gasteiger partial charge in [0.2, 0.25) is 0 Å². The van der Waals surface area contributed by atoms with Gasteiger partial charge in [0.25, 0.3) is 5.91 Å². The average molecular weight is 483 g/mol. The van der Waals surface area contributed by atoms with Gasteiger partial charge in [0.1, 0.15) is 5.52 Å². The van der Waals surface area contributed by atoms with E-state index in [4.69, 9.17) is 11.6 Å². The molecule has 170 valence electrons. The number of alkyl halides is 3. The van der Waals surface area contributed by atoms with Gasteiger partial charge in [-0.2, -0.15) is 13.2 Å². The predicted octanol–water partition coefficient (Wildman–Crippen LogP) is 5.80. The number of thiazole rings is 1. The molecule has 3 aromatic rings. The largest absolute Gasteiger partial charge is 0.416 e. The van der Waals surface area contributed by atoms with E-state index in [0.29, 0.717) is 5.92 Å². The quantitative estimate of drug-likeness (QED) is 0.451. The number of aryl methyl sites for hydroxylation is 1. The van der Waals surface area contributed by atoms with Crippen LogP contribution in [0.3, 0.4) is 0 Å². The van der Waals surface area contributed by atoms with E-state index in [9.17, 15) is 18.0 Å². The molecule has 1 aromatic heterocycles. The summed E-state index contributed by atoms with van der Waals surface area (Å²) in [4.78, 5) is 12.6. The third-order valence-corrected chi connectivity index (χ3v) is 7.51. The lowest BCUT2D eigenvalue weighted by atomic mass is 9.86. The van der Waals surface area contributed by atoms with Gasteiger partial charge in [-0.05, 0) is 73.3 Å². The Kier molecular flexibility index (Phi) is 6.62. The van der Waals surface area contributed by atoms with Crippen molar-refractivity contribution in [3.05, 3.63) is 58.6 Å². The number of hydrogen-bond acceptors (Lipinski definition) is 3. The normalized spacial score (nSPS) is 19.2. The number of nitrogens with zero attached hydrogens (tertiary/aromatic N) is 1. The fraction of sp³-hybridized carbons (Fsp3) is 0.391. The fourth-order valence-electron chi connectivity index (χ4n) is 4.14. The maximum absolute atomic E-state index is 13.0. The second-order valence-electron chi connectivity index (χ2n) is 8.20. The number of aromatic nitrogens is 1. The van der Waals surface area contributed by atoms with Crippen LogP contribution in [0.2, 0.25) is 5.02 Å². The lowest BCUT2D eigenvalue weighted by molar-refractivity contribution is -0.626. The predicted molar refractivity (Wildman–Crippen MR) is 121 cm³/mol. The number of carbonyl (C=O) groups excluding carboxylic acids is 1. The maximum Gasteiger partial charge on any atom is 0.416 e. The highest BCUT2D eigenvalue weighted by molar-refractivity contribution is 7.21. The van der Waals surface area contributed by atoms with Crippen molar-refractivity contribution in [1.82, 2.24) is 5.32 Å². The SMILES string of the molecule is C[n+]1c(NCC2CCC(NC(=O)c3cc(C(F)(F)F)ccc3Cl)CC2)sc2ccccc21. The molecule has 1 aliphatic carbocycles. The molecule has 2 aromatic carbocycles. The van der Waals surface area contributed by atoms with Crippen molar-refractivity contribution in [1.29, 1.82) is 0 Å². The second-order valence-corrected chi connectivity index (χ2v) is 9.64. The van der Waals surface area contributed by atoms with Gasteiger partial charge in [-0.25, -0.2) is 4.57 Å². The lowest BCUT2D eigenvalue weighted by Crippen LogP contribution is -2.39. The van der Waals surface area contributed by atoms with E-state index in [0.717, 1.165) is 55.6 Å². The van der Waals surface area contributed by atoms with Crippen molar-refractivity contribution in [2.75, 3.05) is 11.9 Å². The second kappa shape index (κ2) is 9.27. The number of amides is 1. The summed E-state index contributed by atoms with van der Waals surface area (Å²) in [6.07, 6.45) is -1.08. The summed E-state index contributed by atoms with van der Waals surface area (Å²) in [5.74, 6) is -0.0783. The molecule has 0 unspecified atom stereocenters. The summed E-state index contributed by atoms with van der Waals surface area (Å²) < 4.78 is 42.3. The number of rotatable bonds is 5. The van der Waals surface area contributed by atoms with Crippen LogP contribution in [0.4, 0.5) is 18.3 Å². The molecule has 1 saturated carbocycles. The van der Waals surface area contributed by atoms with Crippen LogP contribution >= 0.6 is 22.9 Å². The van der Waals surface area contributed by atoms with Crippen LogP contribution < -0.4 is 15.2 Å². The van der Waals surface area contributed by atoms with E-state index in [1.165, 1.54) is 10.2 Å². The first-order valence-corrected chi connectivity index (χ1v) is 11.7. The van der Waals surface area contributed by atoms with E-state index in [2.05, 4.69) is 27.3 Å². The monoisotopic (exact) mass is 482 g/mol. The Labute approximate surface area is 193 Å². The van der Waals surface area contributed by atoms with E-state index in [1.807, 2.05) is 19.2 Å². The van der Waals surface area contributed by atoms with Crippen molar-refractivity contribution in [2.24, 2.45) is 13.0 Å². The van der Waals surface area contributed by atoms with Crippen molar-refractivity contribution < 1.29 is 22.5 Å². The van der Waals surface area contributed by atoms with Crippen LogP contribution in [-0.2, 0) is 13.2 Å². The number of anilines is 1. The standard InChI is InChI=1S/C23H23ClF3N3OS/c1-30-19-4-2-3-5-20(19)32-22(30)28-13-14-6-9-16(10-7-14)29-21(31)17-12-15(23(25,26)27)8-11-18(17)24/h2-5,8,11-12,14,16H,6-7,9-10,13H2,1H3,(H,29,31)/p+1. The molecule has 0 radical (unpaired) electrons. The van der Waals surface area contributed by atoms with Crippen molar-refractivity contribution in [3.63, 3.8) is 0 Å². The fourth-order valence-corrected chi connectivity index (χ4v) is 5.40. The third-order valence-electron chi connectivity index (χ3n) is 6.00. The average Bonchev–Trinajstić information content (AvgIpc) is 3.08. The van der Waals surface area contributed by atoms with Gasteiger partial charge < -0.3 is 5.32 Å². The third kappa shape index (κ3) is 5.02. The van der Waals surface area contributed by atoms with E-state index < -0.39 is 17.6 Å². The number of halogens is 4. The van der Waals surface area contributed by atoms with Crippen LogP contribution in [0.1, 0.15) is 41.6 Å². The molecule has 0 bridgehead atoms. The number of nitrogens with one attached hydrogen (secondary N) is 2. The lowest BCUT2D eigenvalue weighted by Gasteiger charge is -2.28. The van der Waals surface area contributed by atoms with Crippen LogP contribution in [0.5, 0.6) is 0 Å². The van der Waals surface area contributed by atoms with Gasteiger partial charge in [0.05, 0.1) is 34.4 Å². The molecule has 0 aliphatic heterocycles. The van der Waals surface area contributed by atoms with Crippen LogP contribution in [0.25, 0.3) is 10.2 Å². The minimum atomic E-state index is -4.52. The first-order chi connectivity index (χ1) is 15.2. The molecule has 1 aliphatic rings. The van der Waals surface area contributed by atoms with Crippen molar-refractivity contribution >= 4 is 44.2 Å². The minimum absolute atomic E-state index is 0.0181. The molecule has 0 spiro atoms. The zero-order chi connectivity index (χ0) is 22.9. The molecule has 4 rings (SSSR count). The summed E-state index contributed by atoms with van der Waals surface area (Å²) in [6, 6.07) is 11.0. The highest BCUT2D eigenvalue weighted by Gasteiger charge is 2.32. The summed E-state index contributed by atoms with van der Waals surface area (Å²) >= 11 is 7.71. The molecule has 9 heteroatoms. The Morgan fingerprint density at radius 3 is 2.56 bits per heavy atom. The molecule has 2 N–H and O–H groups in total. The Bertz CT molecular complexity index is 1120. The van der Waals surface area contributed by atoms with Gasteiger partial charge in [-0.3, -0.25) is 10.1 Å². The molecular formula is C23H24ClF3N3OS+. The van der Waals surface area contributed by atoms with Gasteiger partial charge in [0, 0.05) is 6.04 Å². The first kappa shape index (κ1) is 22.9. The number of fused-ring (bicyclic) bond motifs is 1. The van der Waals surface area contributed by atoms with Crippen molar-refractivity contribution in [2.45, 2.75) is 37.9 Å². The Morgan fingerprint density at radius 2 is 1.88 bits per heavy atom.